The standard InChI is InChI=1S/C20H17Cl2N3O5/c1-2-23-18(27)10-30-12-5-3-11(4-6-12)24-17(26)9-25-19(28)13-7-15(21)16(22)8-14(13)20(25)29/h3-8H,2,9-10H2,1H3,(H,23,27)(H,24,26). The van der Waals surface area contributed by atoms with E-state index in [9.17, 15) is 19.2 Å². The molecule has 0 atom stereocenters. The zero-order chi connectivity index (χ0) is 21.8. The fourth-order valence-electron chi connectivity index (χ4n) is 2.80. The van der Waals surface area contributed by atoms with E-state index in [1.54, 1.807) is 24.3 Å². The summed E-state index contributed by atoms with van der Waals surface area (Å²) in [5.41, 5.74) is 0.652. The third kappa shape index (κ3) is 4.72. The lowest BCUT2D eigenvalue weighted by Crippen LogP contribution is -2.37. The number of carbonyl (C=O) groups is 4. The van der Waals surface area contributed by atoms with Crippen molar-refractivity contribution < 1.29 is 23.9 Å². The number of amides is 4. The minimum atomic E-state index is -0.613. The van der Waals surface area contributed by atoms with Gasteiger partial charge in [0.05, 0.1) is 21.2 Å². The van der Waals surface area contributed by atoms with Crippen LogP contribution in [0.15, 0.2) is 36.4 Å². The Morgan fingerprint density at radius 2 is 1.53 bits per heavy atom. The van der Waals surface area contributed by atoms with Crippen LogP contribution in [0.25, 0.3) is 0 Å². The molecule has 8 nitrogen and oxygen atoms in total. The van der Waals surface area contributed by atoms with Gasteiger partial charge in [-0.1, -0.05) is 23.2 Å². The molecule has 10 heteroatoms. The molecule has 0 aromatic heterocycles. The third-order valence-corrected chi connectivity index (χ3v) is 4.92. The van der Waals surface area contributed by atoms with Gasteiger partial charge in [0.15, 0.2) is 6.61 Å². The third-order valence-electron chi connectivity index (χ3n) is 4.20. The second-order valence-corrected chi connectivity index (χ2v) is 7.14. The van der Waals surface area contributed by atoms with E-state index in [2.05, 4.69) is 10.6 Å². The van der Waals surface area contributed by atoms with Crippen molar-refractivity contribution in [2.24, 2.45) is 0 Å². The highest BCUT2D eigenvalue weighted by atomic mass is 35.5. The molecule has 0 saturated carbocycles. The molecule has 156 valence electrons. The molecule has 0 spiro atoms. The summed E-state index contributed by atoms with van der Waals surface area (Å²) in [4.78, 5) is 49.5. The van der Waals surface area contributed by atoms with Crippen LogP contribution in [0.5, 0.6) is 5.75 Å². The maximum absolute atomic E-state index is 12.5. The molecule has 3 rings (SSSR count). The highest BCUT2D eigenvalue weighted by Gasteiger charge is 2.37. The summed E-state index contributed by atoms with van der Waals surface area (Å²) < 4.78 is 5.33. The Kier molecular flexibility index (Phi) is 6.59. The molecule has 0 fully saturated rings. The number of hydrogen-bond donors (Lipinski definition) is 2. The van der Waals surface area contributed by atoms with Crippen molar-refractivity contribution in [1.82, 2.24) is 10.2 Å². The number of hydrogen-bond acceptors (Lipinski definition) is 5. The number of rotatable bonds is 7. The summed E-state index contributed by atoms with van der Waals surface area (Å²) in [6.45, 7) is 1.74. The Morgan fingerprint density at radius 1 is 0.967 bits per heavy atom. The van der Waals surface area contributed by atoms with Crippen molar-refractivity contribution in [3.63, 3.8) is 0 Å². The topological polar surface area (TPSA) is 105 Å². The van der Waals surface area contributed by atoms with Crippen molar-refractivity contribution in [2.45, 2.75) is 6.92 Å². The van der Waals surface area contributed by atoms with Crippen LogP contribution >= 0.6 is 23.2 Å². The smallest absolute Gasteiger partial charge is 0.262 e. The summed E-state index contributed by atoms with van der Waals surface area (Å²) >= 11 is 11.8. The second kappa shape index (κ2) is 9.15. The Bertz CT molecular complexity index is 983. The SMILES string of the molecule is CCNC(=O)COc1ccc(NC(=O)CN2C(=O)c3cc(Cl)c(Cl)cc3C2=O)cc1. The Balaban J connectivity index is 1.59. The Hall–Kier alpha value is -3.10. The minimum absolute atomic E-state index is 0.107. The van der Waals surface area contributed by atoms with E-state index < -0.39 is 24.3 Å². The molecular formula is C20H17Cl2N3O5. The van der Waals surface area contributed by atoms with Crippen LogP contribution in [-0.2, 0) is 9.59 Å². The van der Waals surface area contributed by atoms with Gasteiger partial charge in [0.1, 0.15) is 12.3 Å². The van der Waals surface area contributed by atoms with Gasteiger partial charge in [0.25, 0.3) is 17.7 Å². The van der Waals surface area contributed by atoms with E-state index in [-0.39, 0.29) is 33.7 Å². The first-order valence-corrected chi connectivity index (χ1v) is 9.70. The summed E-state index contributed by atoms with van der Waals surface area (Å²) in [7, 11) is 0. The summed E-state index contributed by atoms with van der Waals surface area (Å²) in [6.07, 6.45) is 0. The lowest BCUT2D eigenvalue weighted by Gasteiger charge is -2.14. The molecule has 0 bridgehead atoms. The number of nitrogens with zero attached hydrogens (tertiary/aromatic N) is 1. The van der Waals surface area contributed by atoms with Crippen LogP contribution in [-0.4, -0.2) is 48.2 Å². The first-order valence-electron chi connectivity index (χ1n) is 8.94. The van der Waals surface area contributed by atoms with Gasteiger partial charge in [0.2, 0.25) is 5.91 Å². The number of fused-ring (bicyclic) bond motifs is 1. The lowest BCUT2D eigenvalue weighted by atomic mass is 10.1. The number of ether oxygens (including phenoxy) is 1. The van der Waals surface area contributed by atoms with Crippen LogP contribution in [0.4, 0.5) is 5.69 Å². The van der Waals surface area contributed by atoms with Crippen LogP contribution in [0.1, 0.15) is 27.6 Å². The monoisotopic (exact) mass is 449 g/mol. The van der Waals surface area contributed by atoms with Crippen molar-refractivity contribution in [3.05, 3.63) is 57.6 Å². The number of halogens is 2. The quantitative estimate of drug-likeness (QED) is 0.632. The molecule has 1 aliphatic heterocycles. The summed E-state index contributed by atoms with van der Waals surface area (Å²) in [5, 5.41) is 5.51. The lowest BCUT2D eigenvalue weighted by molar-refractivity contribution is -0.123. The molecule has 1 heterocycles. The molecule has 0 saturated heterocycles. The van der Waals surface area contributed by atoms with E-state index >= 15 is 0 Å². The van der Waals surface area contributed by atoms with Crippen LogP contribution in [0.2, 0.25) is 10.0 Å². The number of nitrogens with one attached hydrogen (secondary N) is 2. The Morgan fingerprint density at radius 3 is 2.07 bits per heavy atom. The number of imide groups is 1. The van der Waals surface area contributed by atoms with Crippen LogP contribution in [0.3, 0.4) is 0 Å². The molecule has 1 aliphatic rings. The number of anilines is 1. The van der Waals surface area contributed by atoms with Gasteiger partial charge in [-0.05, 0) is 43.3 Å². The van der Waals surface area contributed by atoms with Gasteiger partial charge in [0, 0.05) is 12.2 Å². The molecule has 2 aromatic carbocycles. The van der Waals surface area contributed by atoms with Crippen molar-refractivity contribution in [3.8, 4) is 5.75 Å². The molecule has 30 heavy (non-hydrogen) atoms. The molecular weight excluding hydrogens is 433 g/mol. The zero-order valence-corrected chi connectivity index (χ0v) is 17.3. The summed E-state index contributed by atoms with van der Waals surface area (Å²) in [5.74, 6) is -1.57. The predicted molar refractivity (Wildman–Crippen MR) is 111 cm³/mol. The van der Waals surface area contributed by atoms with Gasteiger partial charge in [-0.3, -0.25) is 24.1 Å². The van der Waals surface area contributed by atoms with E-state index in [1.165, 1.54) is 12.1 Å². The van der Waals surface area contributed by atoms with Crippen molar-refractivity contribution in [2.75, 3.05) is 25.0 Å². The highest BCUT2D eigenvalue weighted by Crippen LogP contribution is 2.31. The van der Waals surface area contributed by atoms with E-state index in [1.807, 2.05) is 6.92 Å². The van der Waals surface area contributed by atoms with Crippen LogP contribution < -0.4 is 15.4 Å². The second-order valence-electron chi connectivity index (χ2n) is 6.32. The van der Waals surface area contributed by atoms with Gasteiger partial charge < -0.3 is 15.4 Å². The normalized spacial score (nSPS) is 12.6. The van der Waals surface area contributed by atoms with E-state index in [4.69, 9.17) is 27.9 Å². The number of benzene rings is 2. The average Bonchev–Trinajstić information content (AvgIpc) is 2.92. The average molecular weight is 450 g/mol. The largest absolute Gasteiger partial charge is 0.484 e. The fraction of sp³-hybridized carbons (Fsp3) is 0.200. The van der Waals surface area contributed by atoms with Gasteiger partial charge >= 0.3 is 0 Å². The minimum Gasteiger partial charge on any atom is -0.484 e. The van der Waals surface area contributed by atoms with Gasteiger partial charge in [-0.25, -0.2) is 0 Å². The Labute approximate surface area is 182 Å². The molecule has 0 unspecified atom stereocenters. The molecule has 2 aromatic rings. The maximum atomic E-state index is 12.5. The zero-order valence-electron chi connectivity index (χ0n) is 15.8. The highest BCUT2D eigenvalue weighted by molar-refractivity contribution is 6.43. The first-order chi connectivity index (χ1) is 14.3. The fourth-order valence-corrected chi connectivity index (χ4v) is 3.13. The molecule has 4 amide bonds. The molecule has 0 radical (unpaired) electrons. The van der Waals surface area contributed by atoms with Crippen molar-refractivity contribution in [1.29, 1.82) is 0 Å². The van der Waals surface area contributed by atoms with Gasteiger partial charge in [-0.2, -0.15) is 0 Å². The predicted octanol–water partition coefficient (Wildman–Crippen LogP) is 2.74. The van der Waals surface area contributed by atoms with Crippen LogP contribution in [0, 0.1) is 0 Å². The van der Waals surface area contributed by atoms with E-state index in [0.29, 0.717) is 18.0 Å². The number of likely N-dealkylation sites (N-methyl/N-ethyl adjacent to an activating group) is 1. The molecule has 2 N–H and O–H groups in total. The number of carbonyl (C=O) groups excluding carboxylic acids is 4. The van der Waals surface area contributed by atoms with E-state index in [0.717, 1.165) is 4.90 Å². The van der Waals surface area contributed by atoms with Crippen molar-refractivity contribution >= 4 is 52.5 Å². The maximum Gasteiger partial charge on any atom is 0.262 e. The first kappa shape index (κ1) is 21.6. The molecule has 0 aliphatic carbocycles. The van der Waals surface area contributed by atoms with Gasteiger partial charge in [-0.15, -0.1) is 0 Å². The summed E-state index contributed by atoms with van der Waals surface area (Å²) in [6, 6.07) is 8.95.